The summed E-state index contributed by atoms with van der Waals surface area (Å²) in [4.78, 5) is 0. The number of ether oxygens (including phenoxy) is 3. The Labute approximate surface area is 102 Å². The first-order valence-corrected chi connectivity index (χ1v) is 5.30. The maximum absolute atomic E-state index is 5.55. The van der Waals surface area contributed by atoms with Gasteiger partial charge in [-0.15, -0.1) is 6.42 Å². The van der Waals surface area contributed by atoms with Crippen molar-refractivity contribution in [3.63, 3.8) is 0 Å². The lowest BCUT2D eigenvalue weighted by atomic mass is 10.3. The van der Waals surface area contributed by atoms with Crippen LogP contribution in [-0.2, 0) is 0 Å². The summed E-state index contributed by atoms with van der Waals surface area (Å²) in [5.74, 6) is 4.62. The highest BCUT2D eigenvalue weighted by Crippen LogP contribution is 2.27. The fourth-order valence-corrected chi connectivity index (χ4v) is 1.27. The Morgan fingerprint density at radius 3 is 2.24 bits per heavy atom. The van der Waals surface area contributed by atoms with Crippen LogP contribution in [0.5, 0.6) is 17.2 Å². The van der Waals surface area contributed by atoms with Gasteiger partial charge in [-0.1, -0.05) is 5.92 Å². The van der Waals surface area contributed by atoms with E-state index < -0.39 is 0 Å². The first-order chi connectivity index (χ1) is 8.30. The average Bonchev–Trinajstić information content (AvgIpc) is 2.38. The summed E-state index contributed by atoms with van der Waals surface area (Å²) in [6, 6.07) is 5.41. The molecule has 0 aliphatic carbocycles. The average molecular weight is 235 g/mol. The van der Waals surface area contributed by atoms with Gasteiger partial charge in [0.05, 0.1) is 20.8 Å². The van der Waals surface area contributed by atoms with Crippen molar-refractivity contribution in [2.75, 3.05) is 33.9 Å². The minimum Gasteiger partial charge on any atom is -0.496 e. The molecule has 0 saturated heterocycles. The fourth-order valence-electron chi connectivity index (χ4n) is 1.27. The van der Waals surface area contributed by atoms with Crippen molar-refractivity contribution >= 4 is 0 Å². The topological polar surface area (TPSA) is 39.7 Å². The molecule has 0 radical (unpaired) electrons. The van der Waals surface area contributed by atoms with Crippen LogP contribution in [0.3, 0.4) is 0 Å². The number of benzene rings is 1. The molecule has 0 spiro atoms. The normalized spacial score (nSPS) is 9.47. The second kappa shape index (κ2) is 7.42. The van der Waals surface area contributed by atoms with Gasteiger partial charge in [0.2, 0.25) is 0 Å². The van der Waals surface area contributed by atoms with Crippen LogP contribution in [0, 0.1) is 12.3 Å². The van der Waals surface area contributed by atoms with E-state index in [0.29, 0.717) is 36.9 Å². The quantitative estimate of drug-likeness (QED) is 0.571. The van der Waals surface area contributed by atoms with E-state index >= 15 is 0 Å². The Morgan fingerprint density at radius 1 is 1.12 bits per heavy atom. The largest absolute Gasteiger partial charge is 0.496 e. The molecule has 0 aliphatic heterocycles. The van der Waals surface area contributed by atoms with Crippen LogP contribution >= 0.6 is 0 Å². The molecular weight excluding hydrogens is 218 g/mol. The molecule has 4 nitrogen and oxygen atoms in total. The summed E-state index contributed by atoms with van der Waals surface area (Å²) >= 11 is 0. The molecule has 0 saturated carbocycles. The van der Waals surface area contributed by atoms with Crippen molar-refractivity contribution in [2.45, 2.75) is 0 Å². The number of nitrogens with one attached hydrogen (secondary N) is 1. The Kier molecular flexibility index (Phi) is 5.76. The van der Waals surface area contributed by atoms with Crippen LogP contribution < -0.4 is 19.5 Å². The summed E-state index contributed by atoms with van der Waals surface area (Å²) in [6.45, 7) is 1.78. The molecule has 4 heteroatoms. The van der Waals surface area contributed by atoms with E-state index in [-0.39, 0.29) is 0 Å². The summed E-state index contributed by atoms with van der Waals surface area (Å²) in [5, 5.41) is 3.04. The zero-order valence-corrected chi connectivity index (χ0v) is 10.2. The van der Waals surface area contributed by atoms with E-state index in [1.807, 2.05) is 12.1 Å². The first kappa shape index (κ1) is 13.2. The fraction of sp³-hybridized carbons (Fsp3) is 0.385. The van der Waals surface area contributed by atoms with Crippen LogP contribution in [0.1, 0.15) is 0 Å². The first-order valence-electron chi connectivity index (χ1n) is 5.30. The Hall–Kier alpha value is -1.86. The number of hydrogen-bond acceptors (Lipinski definition) is 4. The minimum absolute atomic E-state index is 0.540. The van der Waals surface area contributed by atoms with Crippen LogP contribution in [0.2, 0.25) is 0 Å². The lowest BCUT2D eigenvalue weighted by Crippen LogP contribution is -2.21. The molecule has 0 atom stereocenters. The van der Waals surface area contributed by atoms with Crippen molar-refractivity contribution in [2.24, 2.45) is 0 Å². The lowest BCUT2D eigenvalue weighted by Gasteiger charge is -2.10. The van der Waals surface area contributed by atoms with Crippen LogP contribution in [0.15, 0.2) is 18.2 Å². The second-order valence-electron chi connectivity index (χ2n) is 3.28. The van der Waals surface area contributed by atoms with E-state index in [9.17, 15) is 0 Å². The third-order valence-electron chi connectivity index (χ3n) is 2.10. The molecule has 1 rings (SSSR count). The zero-order chi connectivity index (χ0) is 12.5. The lowest BCUT2D eigenvalue weighted by molar-refractivity contribution is 0.310. The van der Waals surface area contributed by atoms with Gasteiger partial charge in [-0.3, -0.25) is 0 Å². The standard InChI is InChI=1S/C13H17NO3/c1-4-5-14-6-7-17-13-9-11(15-2)8-12(10-13)16-3/h1,8-10,14H,5-7H2,2-3H3. The molecule has 0 aliphatic rings. The van der Waals surface area contributed by atoms with Crippen molar-refractivity contribution in [3.8, 4) is 29.6 Å². The van der Waals surface area contributed by atoms with E-state index in [2.05, 4.69) is 11.2 Å². The number of rotatable bonds is 7. The predicted molar refractivity (Wildman–Crippen MR) is 66.7 cm³/mol. The van der Waals surface area contributed by atoms with Gasteiger partial charge in [-0.2, -0.15) is 0 Å². The van der Waals surface area contributed by atoms with E-state index in [1.165, 1.54) is 0 Å². The van der Waals surface area contributed by atoms with Crippen molar-refractivity contribution in [3.05, 3.63) is 18.2 Å². The van der Waals surface area contributed by atoms with Gasteiger partial charge in [-0.05, 0) is 0 Å². The highest BCUT2D eigenvalue weighted by molar-refractivity contribution is 5.41. The van der Waals surface area contributed by atoms with Crippen molar-refractivity contribution < 1.29 is 14.2 Å². The highest BCUT2D eigenvalue weighted by atomic mass is 16.5. The molecule has 92 valence electrons. The smallest absolute Gasteiger partial charge is 0.126 e. The van der Waals surface area contributed by atoms with Crippen LogP contribution in [0.4, 0.5) is 0 Å². The van der Waals surface area contributed by atoms with E-state index in [0.717, 1.165) is 0 Å². The molecule has 0 unspecified atom stereocenters. The number of methoxy groups -OCH3 is 2. The van der Waals surface area contributed by atoms with Gasteiger partial charge in [0.25, 0.3) is 0 Å². The number of terminal acetylenes is 1. The van der Waals surface area contributed by atoms with Gasteiger partial charge in [0.15, 0.2) is 0 Å². The third kappa shape index (κ3) is 4.66. The maximum atomic E-state index is 5.55. The molecular formula is C13H17NO3. The second-order valence-corrected chi connectivity index (χ2v) is 3.28. The molecule has 0 bridgehead atoms. The van der Waals surface area contributed by atoms with Gasteiger partial charge < -0.3 is 19.5 Å². The van der Waals surface area contributed by atoms with Gasteiger partial charge in [0.1, 0.15) is 23.9 Å². The van der Waals surface area contributed by atoms with Crippen molar-refractivity contribution in [1.29, 1.82) is 0 Å². The molecule has 0 heterocycles. The molecule has 1 aromatic rings. The Morgan fingerprint density at radius 2 is 1.71 bits per heavy atom. The third-order valence-corrected chi connectivity index (χ3v) is 2.10. The minimum atomic E-state index is 0.540. The molecule has 0 aromatic heterocycles. The summed E-state index contributed by atoms with van der Waals surface area (Å²) in [5.41, 5.74) is 0. The van der Waals surface area contributed by atoms with E-state index in [4.69, 9.17) is 20.6 Å². The zero-order valence-electron chi connectivity index (χ0n) is 10.2. The molecule has 0 fully saturated rings. The van der Waals surface area contributed by atoms with Crippen LogP contribution in [0.25, 0.3) is 0 Å². The highest BCUT2D eigenvalue weighted by Gasteiger charge is 2.02. The molecule has 1 aromatic carbocycles. The van der Waals surface area contributed by atoms with Gasteiger partial charge in [-0.25, -0.2) is 0 Å². The molecule has 17 heavy (non-hydrogen) atoms. The number of hydrogen-bond donors (Lipinski definition) is 1. The Bertz CT molecular complexity index is 362. The summed E-state index contributed by atoms with van der Waals surface area (Å²) in [7, 11) is 3.21. The van der Waals surface area contributed by atoms with Gasteiger partial charge in [0, 0.05) is 24.7 Å². The van der Waals surface area contributed by atoms with Crippen molar-refractivity contribution in [1.82, 2.24) is 5.32 Å². The predicted octanol–water partition coefficient (Wildman–Crippen LogP) is 1.31. The monoisotopic (exact) mass is 235 g/mol. The molecule has 1 N–H and O–H groups in total. The SMILES string of the molecule is C#CCNCCOc1cc(OC)cc(OC)c1. The summed E-state index contributed by atoms with van der Waals surface area (Å²) in [6.07, 6.45) is 5.11. The maximum Gasteiger partial charge on any atom is 0.126 e. The van der Waals surface area contributed by atoms with Crippen LogP contribution in [-0.4, -0.2) is 33.9 Å². The molecule has 0 amide bonds. The van der Waals surface area contributed by atoms with Gasteiger partial charge >= 0.3 is 0 Å². The Balaban J connectivity index is 2.49. The summed E-state index contributed by atoms with van der Waals surface area (Å²) < 4.78 is 15.8. The van der Waals surface area contributed by atoms with E-state index in [1.54, 1.807) is 20.3 Å².